The van der Waals surface area contributed by atoms with Crippen LogP contribution in [0.15, 0.2) is 12.3 Å². The van der Waals surface area contributed by atoms with E-state index < -0.39 is 17.9 Å². The minimum Gasteiger partial charge on any atom is -0.415 e. The largest absolute Gasteiger partial charge is 0.445 e. The van der Waals surface area contributed by atoms with Crippen molar-refractivity contribution in [2.45, 2.75) is 24.6 Å². The van der Waals surface area contributed by atoms with E-state index in [9.17, 15) is 18.0 Å². The van der Waals surface area contributed by atoms with Gasteiger partial charge in [0.2, 0.25) is 0 Å². The smallest absolute Gasteiger partial charge is 0.415 e. The predicted molar refractivity (Wildman–Crippen MR) is 67.6 cm³/mol. The van der Waals surface area contributed by atoms with Crippen LogP contribution in [0.5, 0.6) is 0 Å². The normalized spacial score (nSPS) is 24.3. The molecule has 1 aromatic rings. The Balaban J connectivity index is 2.22. The molecule has 1 amide bonds. The summed E-state index contributed by atoms with van der Waals surface area (Å²) >= 11 is 5.67. The quantitative estimate of drug-likeness (QED) is 0.589. The van der Waals surface area contributed by atoms with Crippen LogP contribution in [0.25, 0.3) is 0 Å². The molecule has 0 saturated heterocycles. The zero-order chi connectivity index (χ0) is 15.3. The van der Waals surface area contributed by atoms with Gasteiger partial charge in [-0.25, -0.2) is 9.78 Å². The summed E-state index contributed by atoms with van der Waals surface area (Å²) in [7, 11) is 0. The zero-order valence-electron chi connectivity index (χ0n) is 10.4. The Hall–Kier alpha value is -1.94. The van der Waals surface area contributed by atoms with Gasteiger partial charge in [-0.3, -0.25) is 5.32 Å². The van der Waals surface area contributed by atoms with E-state index in [0.717, 1.165) is 25.1 Å². The predicted octanol–water partition coefficient (Wildman–Crippen LogP) is 3.47. The first kappa shape index (κ1) is 14.0. The van der Waals surface area contributed by atoms with Gasteiger partial charge < -0.3 is 4.74 Å². The van der Waals surface area contributed by atoms with Crippen LogP contribution < -0.4 is 5.32 Å². The molecule has 3 rings (SSSR count). The molecule has 1 saturated carbocycles. The van der Waals surface area contributed by atoms with Gasteiger partial charge >= 0.3 is 12.3 Å². The molecule has 1 unspecified atom stereocenters. The molecule has 1 aliphatic heterocycles. The molecular weight excluding hydrogens is 309 g/mol. The van der Waals surface area contributed by atoms with Gasteiger partial charge in [-0.15, -0.1) is 0 Å². The van der Waals surface area contributed by atoms with E-state index in [2.05, 4.69) is 26.9 Å². The molecule has 1 aromatic heterocycles. The number of halogens is 4. The van der Waals surface area contributed by atoms with Crippen LogP contribution in [0, 0.1) is 17.8 Å². The number of aromatic nitrogens is 1. The molecule has 0 spiro atoms. The fourth-order valence-corrected chi connectivity index (χ4v) is 2.11. The number of pyridine rings is 1. The van der Waals surface area contributed by atoms with Crippen LogP contribution in [-0.2, 0) is 10.3 Å². The van der Waals surface area contributed by atoms with Crippen molar-refractivity contribution in [2.75, 3.05) is 5.32 Å². The van der Waals surface area contributed by atoms with Crippen LogP contribution >= 0.6 is 11.6 Å². The number of ether oxygens (including phenoxy) is 1. The van der Waals surface area contributed by atoms with Crippen LogP contribution in [0.4, 0.5) is 23.7 Å². The molecule has 0 bridgehead atoms. The van der Waals surface area contributed by atoms with Crippen molar-refractivity contribution in [2.24, 2.45) is 5.92 Å². The molecular formula is C13H8ClF3N2O2. The Labute approximate surface area is 122 Å². The third kappa shape index (κ3) is 2.40. The topological polar surface area (TPSA) is 51.2 Å². The number of amides is 1. The number of carbonyl (C=O) groups excluding carboxylic acids is 1. The van der Waals surface area contributed by atoms with Crippen molar-refractivity contribution in [1.82, 2.24) is 4.98 Å². The molecule has 2 heterocycles. The van der Waals surface area contributed by atoms with E-state index >= 15 is 0 Å². The number of cyclic esters (lactones) is 1. The molecule has 110 valence electrons. The molecule has 1 atom stereocenters. The van der Waals surface area contributed by atoms with Crippen molar-refractivity contribution in [3.8, 4) is 11.8 Å². The second-order valence-corrected chi connectivity index (χ2v) is 5.18. The van der Waals surface area contributed by atoms with Gasteiger partial charge in [0, 0.05) is 11.5 Å². The Morgan fingerprint density at radius 2 is 2.19 bits per heavy atom. The summed E-state index contributed by atoms with van der Waals surface area (Å²) in [5.41, 5.74) is -3.49. The standard InChI is InChI=1S/C13H8ClF3N2O2/c14-10-5-8-9(6-18-10)19-11(20)21-12(8,13(15,16)17)4-3-7-1-2-7/h5-7H,1-2H2,(H,19,20). The number of rotatable bonds is 0. The van der Waals surface area contributed by atoms with Gasteiger partial charge in [0.1, 0.15) is 5.15 Å². The summed E-state index contributed by atoms with van der Waals surface area (Å²) in [6, 6.07) is 1.01. The summed E-state index contributed by atoms with van der Waals surface area (Å²) < 4.78 is 45.3. The van der Waals surface area contributed by atoms with Crippen molar-refractivity contribution >= 4 is 23.4 Å². The number of carbonyl (C=O) groups is 1. The van der Waals surface area contributed by atoms with Gasteiger partial charge in [-0.2, -0.15) is 13.2 Å². The van der Waals surface area contributed by atoms with Crippen LogP contribution in [0.2, 0.25) is 5.15 Å². The molecule has 8 heteroatoms. The highest BCUT2D eigenvalue weighted by molar-refractivity contribution is 6.29. The third-order valence-electron chi connectivity index (χ3n) is 3.16. The number of hydrogen-bond donors (Lipinski definition) is 1. The lowest BCUT2D eigenvalue weighted by Crippen LogP contribution is -2.49. The van der Waals surface area contributed by atoms with Crippen LogP contribution in [0.3, 0.4) is 0 Å². The molecule has 0 aromatic carbocycles. The maximum absolute atomic E-state index is 13.6. The number of nitrogens with zero attached hydrogens (tertiary/aromatic N) is 1. The average Bonchev–Trinajstić information content (AvgIpc) is 3.19. The summed E-state index contributed by atoms with van der Waals surface area (Å²) in [5.74, 6) is 4.54. The first-order valence-corrected chi connectivity index (χ1v) is 6.45. The number of hydrogen-bond acceptors (Lipinski definition) is 3. The van der Waals surface area contributed by atoms with Crippen molar-refractivity contribution in [3.05, 3.63) is 23.0 Å². The van der Waals surface area contributed by atoms with Crippen molar-refractivity contribution < 1.29 is 22.7 Å². The van der Waals surface area contributed by atoms with E-state index in [-0.39, 0.29) is 22.3 Å². The Morgan fingerprint density at radius 1 is 1.48 bits per heavy atom. The van der Waals surface area contributed by atoms with E-state index in [1.165, 1.54) is 0 Å². The summed E-state index contributed by atoms with van der Waals surface area (Å²) in [4.78, 5) is 15.1. The molecule has 1 N–H and O–H groups in total. The zero-order valence-corrected chi connectivity index (χ0v) is 11.2. The second kappa shape index (κ2) is 4.53. The highest BCUT2D eigenvalue weighted by Gasteiger charge is 2.62. The van der Waals surface area contributed by atoms with Crippen molar-refractivity contribution in [1.29, 1.82) is 0 Å². The molecule has 21 heavy (non-hydrogen) atoms. The molecule has 0 radical (unpaired) electrons. The number of fused-ring (bicyclic) bond motifs is 1. The monoisotopic (exact) mass is 316 g/mol. The van der Waals surface area contributed by atoms with E-state index in [1.807, 2.05) is 0 Å². The SMILES string of the molecule is O=C1Nc2cnc(Cl)cc2C(C#CC2CC2)(C(F)(F)F)O1. The number of alkyl halides is 3. The molecule has 2 aliphatic rings. The fraction of sp³-hybridized carbons (Fsp3) is 0.385. The number of nitrogens with one attached hydrogen (secondary N) is 1. The minimum absolute atomic E-state index is 0.0847. The first-order chi connectivity index (χ1) is 9.82. The first-order valence-electron chi connectivity index (χ1n) is 6.07. The Bertz CT molecular complexity index is 676. The van der Waals surface area contributed by atoms with E-state index in [4.69, 9.17) is 11.6 Å². The lowest BCUT2D eigenvalue weighted by Gasteiger charge is -2.35. The summed E-state index contributed by atoms with van der Waals surface area (Å²) in [5, 5.41) is 2.02. The minimum atomic E-state index is -4.90. The fourth-order valence-electron chi connectivity index (χ4n) is 1.96. The maximum Gasteiger partial charge on any atom is 0.445 e. The summed E-state index contributed by atoms with van der Waals surface area (Å²) in [6.07, 6.45) is -3.58. The lowest BCUT2D eigenvalue weighted by molar-refractivity contribution is -0.239. The molecule has 1 aliphatic carbocycles. The van der Waals surface area contributed by atoms with Gasteiger partial charge in [0.25, 0.3) is 5.60 Å². The van der Waals surface area contributed by atoms with Crippen molar-refractivity contribution in [3.63, 3.8) is 0 Å². The highest BCUT2D eigenvalue weighted by atomic mass is 35.5. The van der Waals surface area contributed by atoms with Crippen LogP contribution in [0.1, 0.15) is 18.4 Å². The molecule has 1 fully saturated rings. The second-order valence-electron chi connectivity index (χ2n) is 4.79. The molecule has 4 nitrogen and oxygen atoms in total. The van der Waals surface area contributed by atoms with E-state index in [0.29, 0.717) is 0 Å². The van der Waals surface area contributed by atoms with Gasteiger partial charge in [-0.1, -0.05) is 17.5 Å². The number of anilines is 1. The summed E-state index contributed by atoms with van der Waals surface area (Å²) in [6.45, 7) is 0. The Kier molecular flexibility index (Phi) is 3.02. The maximum atomic E-state index is 13.6. The van der Waals surface area contributed by atoms with E-state index in [1.54, 1.807) is 0 Å². The van der Waals surface area contributed by atoms with Crippen LogP contribution in [-0.4, -0.2) is 17.3 Å². The van der Waals surface area contributed by atoms with Gasteiger partial charge in [0.05, 0.1) is 11.9 Å². The van der Waals surface area contributed by atoms with Gasteiger partial charge in [0.15, 0.2) is 0 Å². The third-order valence-corrected chi connectivity index (χ3v) is 3.37. The highest BCUT2D eigenvalue weighted by Crippen LogP contribution is 2.47. The Morgan fingerprint density at radius 3 is 2.81 bits per heavy atom. The average molecular weight is 317 g/mol. The lowest BCUT2D eigenvalue weighted by atomic mass is 9.91. The van der Waals surface area contributed by atoms with Gasteiger partial charge in [-0.05, 0) is 24.8 Å².